The molecule has 0 amide bonds. The van der Waals surface area contributed by atoms with Crippen LogP contribution < -0.4 is 0 Å². The topological polar surface area (TPSA) is 60.7 Å². The van der Waals surface area contributed by atoms with Gasteiger partial charge in [-0.15, -0.1) is 11.3 Å². The SMILES string of the molecule is OCc1sc2c(O)cccc2c1O. The number of hydrogen-bond acceptors (Lipinski definition) is 4. The lowest BCUT2D eigenvalue weighted by Gasteiger charge is -1.92. The van der Waals surface area contributed by atoms with E-state index in [-0.39, 0.29) is 18.1 Å². The van der Waals surface area contributed by atoms with Crippen molar-refractivity contribution in [2.45, 2.75) is 6.61 Å². The number of phenolic OH excluding ortho intramolecular Hbond substituents is 1. The Bertz CT molecular complexity index is 447. The summed E-state index contributed by atoms with van der Waals surface area (Å²) in [6.45, 7) is -0.204. The lowest BCUT2D eigenvalue weighted by atomic mass is 10.2. The van der Waals surface area contributed by atoms with Gasteiger partial charge in [-0.3, -0.25) is 0 Å². The second-order valence-corrected chi connectivity index (χ2v) is 3.79. The molecule has 0 aliphatic carbocycles. The summed E-state index contributed by atoms with van der Waals surface area (Å²) in [7, 11) is 0. The molecule has 0 bridgehead atoms. The Labute approximate surface area is 78.5 Å². The Morgan fingerprint density at radius 1 is 1.23 bits per heavy atom. The van der Waals surface area contributed by atoms with Crippen molar-refractivity contribution in [1.82, 2.24) is 0 Å². The van der Waals surface area contributed by atoms with Gasteiger partial charge >= 0.3 is 0 Å². The number of thiophene rings is 1. The largest absolute Gasteiger partial charge is 0.506 e. The van der Waals surface area contributed by atoms with Gasteiger partial charge in [0, 0.05) is 5.39 Å². The molecule has 0 atom stereocenters. The van der Waals surface area contributed by atoms with Crippen LogP contribution in [0.25, 0.3) is 10.1 Å². The highest BCUT2D eigenvalue weighted by Crippen LogP contribution is 2.40. The van der Waals surface area contributed by atoms with Crippen molar-refractivity contribution in [3.05, 3.63) is 23.1 Å². The summed E-state index contributed by atoms with van der Waals surface area (Å²) < 4.78 is 0.615. The normalized spacial score (nSPS) is 10.8. The van der Waals surface area contributed by atoms with Crippen LogP contribution >= 0.6 is 11.3 Å². The number of aliphatic hydroxyl groups excluding tert-OH is 1. The second kappa shape index (κ2) is 2.90. The third-order valence-corrected chi connectivity index (χ3v) is 3.08. The summed E-state index contributed by atoms with van der Waals surface area (Å²) in [4.78, 5) is 0.483. The van der Waals surface area contributed by atoms with Crippen LogP contribution in [-0.4, -0.2) is 15.3 Å². The van der Waals surface area contributed by atoms with E-state index in [0.717, 1.165) is 0 Å². The predicted octanol–water partition coefficient (Wildman–Crippen LogP) is 1.80. The fourth-order valence-electron chi connectivity index (χ4n) is 1.25. The number of fused-ring (bicyclic) bond motifs is 1. The molecule has 0 aliphatic heterocycles. The Kier molecular flexibility index (Phi) is 1.86. The highest BCUT2D eigenvalue weighted by Gasteiger charge is 2.11. The van der Waals surface area contributed by atoms with E-state index in [2.05, 4.69) is 0 Å². The quantitative estimate of drug-likeness (QED) is 0.651. The lowest BCUT2D eigenvalue weighted by Crippen LogP contribution is -1.73. The Morgan fingerprint density at radius 2 is 2.00 bits per heavy atom. The van der Waals surface area contributed by atoms with Gasteiger partial charge in [0.05, 0.1) is 16.2 Å². The van der Waals surface area contributed by atoms with Crippen molar-refractivity contribution in [3.63, 3.8) is 0 Å². The summed E-state index contributed by atoms with van der Waals surface area (Å²) in [6.07, 6.45) is 0. The van der Waals surface area contributed by atoms with Gasteiger partial charge in [0.1, 0.15) is 11.5 Å². The van der Waals surface area contributed by atoms with Crippen LogP contribution in [0.5, 0.6) is 11.5 Å². The van der Waals surface area contributed by atoms with E-state index in [1.807, 2.05) is 0 Å². The molecule has 0 spiro atoms. The van der Waals surface area contributed by atoms with E-state index < -0.39 is 0 Å². The minimum atomic E-state index is -0.204. The molecule has 2 rings (SSSR count). The van der Waals surface area contributed by atoms with E-state index in [9.17, 15) is 10.2 Å². The maximum absolute atomic E-state index is 9.55. The zero-order valence-electron chi connectivity index (χ0n) is 6.69. The van der Waals surface area contributed by atoms with Crippen LogP contribution in [0, 0.1) is 0 Å². The van der Waals surface area contributed by atoms with Crippen LogP contribution in [0.2, 0.25) is 0 Å². The Morgan fingerprint density at radius 3 is 2.62 bits per heavy atom. The number of phenols is 1. The molecule has 3 nitrogen and oxygen atoms in total. The smallest absolute Gasteiger partial charge is 0.139 e. The maximum Gasteiger partial charge on any atom is 0.139 e. The van der Waals surface area contributed by atoms with Gasteiger partial charge in [0.25, 0.3) is 0 Å². The fraction of sp³-hybridized carbons (Fsp3) is 0.111. The van der Waals surface area contributed by atoms with Crippen LogP contribution in [-0.2, 0) is 6.61 Å². The maximum atomic E-state index is 9.55. The highest BCUT2D eigenvalue weighted by molar-refractivity contribution is 7.19. The highest BCUT2D eigenvalue weighted by atomic mass is 32.1. The molecule has 0 unspecified atom stereocenters. The van der Waals surface area contributed by atoms with E-state index in [4.69, 9.17) is 5.11 Å². The number of rotatable bonds is 1. The first-order valence-corrected chi connectivity index (χ1v) is 4.59. The van der Waals surface area contributed by atoms with E-state index in [1.165, 1.54) is 11.3 Å². The van der Waals surface area contributed by atoms with Gasteiger partial charge in [-0.05, 0) is 12.1 Å². The summed E-state index contributed by atoms with van der Waals surface area (Å²) >= 11 is 1.20. The molecular weight excluding hydrogens is 188 g/mol. The van der Waals surface area contributed by atoms with Gasteiger partial charge in [-0.2, -0.15) is 0 Å². The van der Waals surface area contributed by atoms with Crippen LogP contribution in [0.4, 0.5) is 0 Å². The van der Waals surface area contributed by atoms with Gasteiger partial charge in [0.2, 0.25) is 0 Å². The lowest BCUT2D eigenvalue weighted by molar-refractivity contribution is 0.280. The molecule has 0 fully saturated rings. The molecule has 0 saturated heterocycles. The van der Waals surface area contributed by atoms with Crippen LogP contribution in [0.3, 0.4) is 0 Å². The molecule has 1 aromatic heterocycles. The number of hydrogen-bond donors (Lipinski definition) is 3. The summed E-state index contributed by atoms with van der Waals surface area (Å²) in [5, 5.41) is 28.4. The first-order valence-electron chi connectivity index (χ1n) is 3.77. The standard InChI is InChI=1S/C9H8O3S/c10-4-7-8(12)5-2-1-3-6(11)9(5)13-7/h1-3,10-12H,4H2. The number of aromatic hydroxyl groups is 2. The average molecular weight is 196 g/mol. The van der Waals surface area contributed by atoms with E-state index in [1.54, 1.807) is 18.2 Å². The summed E-state index contributed by atoms with van der Waals surface area (Å²) in [6, 6.07) is 4.92. The molecule has 3 N–H and O–H groups in total. The third-order valence-electron chi connectivity index (χ3n) is 1.88. The zero-order valence-corrected chi connectivity index (χ0v) is 7.51. The molecule has 2 aromatic rings. The molecular formula is C9H8O3S. The van der Waals surface area contributed by atoms with Gasteiger partial charge in [-0.1, -0.05) is 6.07 Å². The first kappa shape index (κ1) is 8.34. The minimum absolute atomic E-state index is 0.0680. The molecule has 1 heterocycles. The summed E-state index contributed by atoms with van der Waals surface area (Å²) in [5.74, 6) is 0.205. The Hall–Kier alpha value is -1.26. The van der Waals surface area contributed by atoms with Crippen molar-refractivity contribution in [1.29, 1.82) is 0 Å². The first-order chi connectivity index (χ1) is 6.24. The van der Waals surface area contributed by atoms with Crippen molar-refractivity contribution in [3.8, 4) is 11.5 Å². The predicted molar refractivity (Wildman–Crippen MR) is 51.1 cm³/mol. The van der Waals surface area contributed by atoms with Gasteiger partial charge in [0.15, 0.2) is 0 Å². The molecule has 4 heteroatoms. The van der Waals surface area contributed by atoms with Gasteiger partial charge in [-0.25, -0.2) is 0 Å². The third kappa shape index (κ3) is 1.15. The van der Waals surface area contributed by atoms with Gasteiger partial charge < -0.3 is 15.3 Å². The monoisotopic (exact) mass is 196 g/mol. The van der Waals surface area contributed by atoms with Crippen LogP contribution in [0.1, 0.15) is 4.88 Å². The second-order valence-electron chi connectivity index (χ2n) is 2.69. The Balaban J connectivity index is 2.83. The molecule has 0 saturated carbocycles. The van der Waals surface area contributed by atoms with Crippen LogP contribution in [0.15, 0.2) is 18.2 Å². The molecule has 0 aliphatic rings. The minimum Gasteiger partial charge on any atom is -0.506 e. The number of aliphatic hydroxyl groups is 1. The van der Waals surface area contributed by atoms with E-state index in [0.29, 0.717) is 15.0 Å². The van der Waals surface area contributed by atoms with Crippen molar-refractivity contribution >= 4 is 21.4 Å². The average Bonchev–Trinajstić information content (AvgIpc) is 2.45. The molecule has 1 aromatic carbocycles. The summed E-state index contributed by atoms with van der Waals surface area (Å²) in [5.41, 5.74) is 0. The number of benzene rings is 1. The zero-order chi connectivity index (χ0) is 9.42. The van der Waals surface area contributed by atoms with Crippen molar-refractivity contribution in [2.75, 3.05) is 0 Å². The molecule has 68 valence electrons. The van der Waals surface area contributed by atoms with Crippen molar-refractivity contribution in [2.24, 2.45) is 0 Å². The van der Waals surface area contributed by atoms with E-state index >= 15 is 0 Å². The fourth-order valence-corrected chi connectivity index (χ4v) is 2.21. The molecule has 13 heavy (non-hydrogen) atoms. The van der Waals surface area contributed by atoms with Crippen molar-refractivity contribution < 1.29 is 15.3 Å². The molecule has 0 radical (unpaired) electrons.